The molecule has 1 aromatic carbocycles. The molecule has 0 aliphatic carbocycles. The van der Waals surface area contributed by atoms with Crippen molar-refractivity contribution in [2.45, 2.75) is 39.9 Å². The minimum atomic E-state index is 0.483. The molecule has 0 saturated carbocycles. The standard InChI is InChI=1S/C16H23N3O/c1-12(2)17-9-15-11-19(18-13(15)3)10-14-6-5-7-16(8-14)20-4/h5-8,11-12,17H,9-10H2,1-4H3. The van der Waals surface area contributed by atoms with Crippen LogP contribution in [-0.4, -0.2) is 22.9 Å². The maximum atomic E-state index is 5.25. The zero-order chi connectivity index (χ0) is 14.5. The Balaban J connectivity index is 2.07. The first-order chi connectivity index (χ1) is 9.58. The van der Waals surface area contributed by atoms with Crippen LogP contribution in [0.1, 0.15) is 30.7 Å². The first kappa shape index (κ1) is 14.6. The topological polar surface area (TPSA) is 39.1 Å². The van der Waals surface area contributed by atoms with Crippen molar-refractivity contribution in [3.8, 4) is 5.75 Å². The Morgan fingerprint density at radius 3 is 2.85 bits per heavy atom. The van der Waals surface area contributed by atoms with E-state index in [4.69, 9.17) is 4.74 Å². The summed E-state index contributed by atoms with van der Waals surface area (Å²) in [6, 6.07) is 8.58. The maximum Gasteiger partial charge on any atom is 0.119 e. The van der Waals surface area contributed by atoms with E-state index in [0.717, 1.165) is 24.5 Å². The number of rotatable bonds is 6. The van der Waals surface area contributed by atoms with Crippen LogP contribution < -0.4 is 10.1 Å². The van der Waals surface area contributed by atoms with Crippen molar-refractivity contribution in [2.75, 3.05) is 7.11 Å². The van der Waals surface area contributed by atoms with E-state index < -0.39 is 0 Å². The van der Waals surface area contributed by atoms with Gasteiger partial charge < -0.3 is 10.1 Å². The van der Waals surface area contributed by atoms with Crippen LogP contribution in [0.15, 0.2) is 30.5 Å². The van der Waals surface area contributed by atoms with Gasteiger partial charge in [-0.2, -0.15) is 5.10 Å². The van der Waals surface area contributed by atoms with Gasteiger partial charge >= 0.3 is 0 Å². The molecule has 0 saturated heterocycles. The SMILES string of the molecule is COc1cccc(Cn2cc(CNC(C)C)c(C)n2)c1. The van der Waals surface area contributed by atoms with Crippen LogP contribution in [0.5, 0.6) is 5.75 Å². The van der Waals surface area contributed by atoms with Gasteiger partial charge in [-0.1, -0.05) is 26.0 Å². The molecule has 0 radical (unpaired) electrons. The van der Waals surface area contributed by atoms with Crippen LogP contribution in [0.25, 0.3) is 0 Å². The van der Waals surface area contributed by atoms with E-state index in [1.807, 2.05) is 22.9 Å². The number of nitrogens with one attached hydrogen (secondary N) is 1. The fraction of sp³-hybridized carbons (Fsp3) is 0.438. The zero-order valence-corrected chi connectivity index (χ0v) is 12.7. The molecule has 20 heavy (non-hydrogen) atoms. The van der Waals surface area contributed by atoms with E-state index in [1.54, 1.807) is 7.11 Å². The van der Waals surface area contributed by atoms with Crippen LogP contribution in [-0.2, 0) is 13.1 Å². The van der Waals surface area contributed by atoms with E-state index in [1.165, 1.54) is 11.1 Å². The molecule has 0 atom stereocenters. The third-order valence-electron chi connectivity index (χ3n) is 3.23. The molecule has 2 rings (SSSR count). The number of hydrogen-bond acceptors (Lipinski definition) is 3. The van der Waals surface area contributed by atoms with Gasteiger partial charge in [0, 0.05) is 24.3 Å². The van der Waals surface area contributed by atoms with Crippen molar-refractivity contribution in [3.63, 3.8) is 0 Å². The molecule has 0 spiro atoms. The monoisotopic (exact) mass is 273 g/mol. The summed E-state index contributed by atoms with van der Waals surface area (Å²) in [5.41, 5.74) is 3.53. The molecule has 0 fully saturated rings. The Labute approximate surface area is 120 Å². The molecule has 1 aromatic heterocycles. The first-order valence-corrected chi connectivity index (χ1v) is 6.97. The van der Waals surface area contributed by atoms with Gasteiger partial charge in [0.05, 0.1) is 19.3 Å². The number of aromatic nitrogens is 2. The summed E-state index contributed by atoms with van der Waals surface area (Å²) in [4.78, 5) is 0. The summed E-state index contributed by atoms with van der Waals surface area (Å²) in [7, 11) is 1.69. The van der Waals surface area contributed by atoms with Crippen LogP contribution in [0.3, 0.4) is 0 Å². The van der Waals surface area contributed by atoms with Crippen molar-refractivity contribution in [1.82, 2.24) is 15.1 Å². The highest BCUT2D eigenvalue weighted by Crippen LogP contribution is 2.14. The number of aryl methyl sites for hydroxylation is 1. The van der Waals surface area contributed by atoms with Crippen LogP contribution in [0.2, 0.25) is 0 Å². The summed E-state index contributed by atoms with van der Waals surface area (Å²) < 4.78 is 7.23. The minimum Gasteiger partial charge on any atom is -0.497 e. The molecule has 0 unspecified atom stereocenters. The summed E-state index contributed by atoms with van der Waals surface area (Å²) in [6.07, 6.45) is 2.12. The fourth-order valence-electron chi connectivity index (χ4n) is 2.09. The lowest BCUT2D eigenvalue weighted by Gasteiger charge is -2.06. The number of hydrogen-bond donors (Lipinski definition) is 1. The third kappa shape index (κ3) is 3.84. The van der Waals surface area contributed by atoms with E-state index >= 15 is 0 Å². The number of nitrogens with zero attached hydrogens (tertiary/aromatic N) is 2. The first-order valence-electron chi connectivity index (χ1n) is 6.97. The highest BCUT2D eigenvalue weighted by atomic mass is 16.5. The summed E-state index contributed by atoms with van der Waals surface area (Å²) in [5, 5.41) is 8.00. The molecule has 1 N–H and O–H groups in total. The van der Waals surface area contributed by atoms with Gasteiger partial charge in [-0.3, -0.25) is 4.68 Å². The second-order valence-electron chi connectivity index (χ2n) is 5.32. The Kier molecular flexibility index (Phi) is 4.79. The lowest BCUT2D eigenvalue weighted by atomic mass is 10.2. The second-order valence-corrected chi connectivity index (χ2v) is 5.32. The Hall–Kier alpha value is -1.81. The molecule has 1 heterocycles. The Morgan fingerprint density at radius 1 is 1.35 bits per heavy atom. The molecule has 0 bridgehead atoms. The second kappa shape index (κ2) is 6.57. The highest BCUT2D eigenvalue weighted by Gasteiger charge is 2.06. The van der Waals surface area contributed by atoms with Gasteiger partial charge in [-0.15, -0.1) is 0 Å². The highest BCUT2D eigenvalue weighted by molar-refractivity contribution is 5.28. The Morgan fingerprint density at radius 2 is 2.15 bits per heavy atom. The lowest BCUT2D eigenvalue weighted by Crippen LogP contribution is -2.21. The molecular weight excluding hydrogens is 250 g/mol. The van der Waals surface area contributed by atoms with E-state index in [-0.39, 0.29) is 0 Å². The predicted octanol–water partition coefficient (Wildman–Crippen LogP) is 2.75. The molecule has 4 heteroatoms. The van der Waals surface area contributed by atoms with Crippen LogP contribution in [0.4, 0.5) is 0 Å². The zero-order valence-electron chi connectivity index (χ0n) is 12.7. The number of methoxy groups -OCH3 is 1. The average molecular weight is 273 g/mol. The number of benzene rings is 1. The normalized spacial score (nSPS) is 11.1. The van der Waals surface area contributed by atoms with Crippen LogP contribution in [0, 0.1) is 6.92 Å². The lowest BCUT2D eigenvalue weighted by molar-refractivity contribution is 0.414. The molecular formula is C16H23N3O. The largest absolute Gasteiger partial charge is 0.497 e. The van der Waals surface area contributed by atoms with Crippen molar-refractivity contribution in [3.05, 3.63) is 47.3 Å². The molecule has 4 nitrogen and oxygen atoms in total. The van der Waals surface area contributed by atoms with E-state index in [9.17, 15) is 0 Å². The quantitative estimate of drug-likeness (QED) is 0.879. The fourth-order valence-corrected chi connectivity index (χ4v) is 2.09. The van der Waals surface area contributed by atoms with Gasteiger partial charge in [-0.05, 0) is 24.6 Å². The Bertz CT molecular complexity index is 561. The molecule has 0 aliphatic rings. The maximum absolute atomic E-state index is 5.25. The van der Waals surface area contributed by atoms with Crippen molar-refractivity contribution >= 4 is 0 Å². The van der Waals surface area contributed by atoms with Gasteiger partial charge in [0.25, 0.3) is 0 Å². The van der Waals surface area contributed by atoms with Gasteiger partial charge in [0.1, 0.15) is 5.75 Å². The number of ether oxygens (including phenoxy) is 1. The van der Waals surface area contributed by atoms with E-state index in [0.29, 0.717) is 6.04 Å². The van der Waals surface area contributed by atoms with Gasteiger partial charge in [0.15, 0.2) is 0 Å². The molecule has 0 amide bonds. The summed E-state index contributed by atoms with van der Waals surface area (Å²) >= 11 is 0. The molecule has 2 aromatic rings. The van der Waals surface area contributed by atoms with Crippen molar-refractivity contribution < 1.29 is 4.74 Å². The van der Waals surface area contributed by atoms with Gasteiger partial charge in [0.2, 0.25) is 0 Å². The molecule has 108 valence electrons. The predicted molar refractivity (Wildman–Crippen MR) is 81.0 cm³/mol. The average Bonchev–Trinajstić information content (AvgIpc) is 2.76. The third-order valence-corrected chi connectivity index (χ3v) is 3.23. The smallest absolute Gasteiger partial charge is 0.119 e. The molecule has 0 aliphatic heterocycles. The van der Waals surface area contributed by atoms with Crippen LogP contribution >= 0.6 is 0 Å². The van der Waals surface area contributed by atoms with Crippen molar-refractivity contribution in [1.29, 1.82) is 0 Å². The van der Waals surface area contributed by atoms with E-state index in [2.05, 4.69) is 43.4 Å². The van der Waals surface area contributed by atoms with Gasteiger partial charge in [-0.25, -0.2) is 0 Å². The summed E-state index contributed by atoms with van der Waals surface area (Å²) in [5.74, 6) is 0.882. The minimum absolute atomic E-state index is 0.483. The summed E-state index contributed by atoms with van der Waals surface area (Å²) in [6.45, 7) is 7.98. The van der Waals surface area contributed by atoms with Crippen molar-refractivity contribution in [2.24, 2.45) is 0 Å².